The van der Waals surface area contributed by atoms with Gasteiger partial charge in [0.05, 0.1) is 12.1 Å². The topological polar surface area (TPSA) is 38.8 Å². The Morgan fingerprint density at radius 3 is 3.29 bits per heavy atom. The molecule has 1 saturated carbocycles. The first kappa shape index (κ1) is 10.1. The average molecular weight is 235 g/mol. The monoisotopic (exact) mass is 235 g/mol. The highest BCUT2D eigenvalue weighted by Gasteiger charge is 2.64. The van der Waals surface area contributed by atoms with Crippen molar-refractivity contribution in [3.05, 3.63) is 11.6 Å². The van der Waals surface area contributed by atoms with Gasteiger partial charge in [-0.2, -0.15) is 0 Å². The van der Waals surface area contributed by atoms with Crippen LogP contribution in [0.25, 0.3) is 0 Å². The number of ether oxygens (including phenoxy) is 2. The van der Waals surface area contributed by atoms with Crippen LogP contribution >= 0.6 is 0 Å². The summed E-state index contributed by atoms with van der Waals surface area (Å²) in [5.74, 6) is -0.149. The van der Waals surface area contributed by atoms with Crippen LogP contribution in [-0.2, 0) is 14.3 Å². The van der Waals surface area contributed by atoms with Gasteiger partial charge in [0.15, 0.2) is 5.60 Å². The van der Waals surface area contributed by atoms with Crippen molar-refractivity contribution in [1.29, 1.82) is 0 Å². The summed E-state index contributed by atoms with van der Waals surface area (Å²) in [6.45, 7) is 1.13. The number of carbonyl (C=O) groups excluding carboxylic acids is 1. The van der Waals surface area contributed by atoms with E-state index in [9.17, 15) is 4.79 Å². The van der Waals surface area contributed by atoms with Gasteiger partial charge in [0.25, 0.3) is 0 Å². The molecule has 0 aromatic rings. The molecule has 2 bridgehead atoms. The number of rotatable bonds is 1. The molecule has 0 aromatic heterocycles. The predicted octanol–water partition coefficient (Wildman–Crippen LogP) is 0.864. The van der Waals surface area contributed by atoms with Crippen LogP contribution in [-0.4, -0.2) is 48.3 Å². The zero-order valence-electron chi connectivity index (χ0n) is 10.0. The number of methoxy groups -OCH3 is 1. The molecule has 92 valence electrons. The lowest BCUT2D eigenvalue weighted by Gasteiger charge is -2.36. The van der Waals surface area contributed by atoms with E-state index in [1.807, 2.05) is 0 Å². The lowest BCUT2D eigenvalue weighted by atomic mass is 9.76. The fraction of sp³-hybridized carbons (Fsp3) is 0.769. The summed E-state index contributed by atoms with van der Waals surface area (Å²) in [6.07, 6.45) is 6.10. The van der Waals surface area contributed by atoms with Crippen molar-refractivity contribution >= 4 is 5.97 Å². The van der Waals surface area contributed by atoms with Gasteiger partial charge in [-0.1, -0.05) is 0 Å². The summed E-state index contributed by atoms with van der Waals surface area (Å²) in [7, 11) is 1.78. The van der Waals surface area contributed by atoms with E-state index in [1.54, 1.807) is 13.2 Å². The Balaban J connectivity index is 1.82. The summed E-state index contributed by atoms with van der Waals surface area (Å²) in [5, 5.41) is 0. The number of esters is 1. The van der Waals surface area contributed by atoms with Gasteiger partial charge in [-0.05, 0) is 25.0 Å². The van der Waals surface area contributed by atoms with E-state index in [0.29, 0.717) is 12.1 Å². The molecule has 0 aromatic carbocycles. The molecule has 4 nitrogen and oxygen atoms in total. The van der Waals surface area contributed by atoms with Crippen LogP contribution in [0.15, 0.2) is 11.6 Å². The smallest absolute Gasteiger partial charge is 0.331 e. The van der Waals surface area contributed by atoms with Crippen LogP contribution in [0.3, 0.4) is 0 Å². The van der Waals surface area contributed by atoms with Crippen LogP contribution < -0.4 is 0 Å². The number of hydrogen-bond acceptors (Lipinski definition) is 4. The Bertz CT molecular complexity index is 419. The molecule has 0 N–H and O–H groups in total. The molecular weight excluding hydrogens is 218 g/mol. The summed E-state index contributed by atoms with van der Waals surface area (Å²) >= 11 is 0. The quantitative estimate of drug-likeness (QED) is 0.632. The average Bonchev–Trinajstić information content (AvgIpc) is 2.94. The van der Waals surface area contributed by atoms with Gasteiger partial charge < -0.3 is 9.47 Å². The van der Waals surface area contributed by atoms with E-state index in [0.717, 1.165) is 25.8 Å². The molecule has 4 atom stereocenters. The van der Waals surface area contributed by atoms with Gasteiger partial charge in [0.2, 0.25) is 0 Å². The third-order valence-corrected chi connectivity index (χ3v) is 5.04. The van der Waals surface area contributed by atoms with E-state index in [4.69, 9.17) is 9.47 Å². The Morgan fingerprint density at radius 2 is 2.47 bits per heavy atom. The van der Waals surface area contributed by atoms with Crippen LogP contribution in [0.5, 0.6) is 0 Å². The van der Waals surface area contributed by atoms with Crippen molar-refractivity contribution in [3.8, 4) is 0 Å². The second-order valence-corrected chi connectivity index (χ2v) is 5.63. The molecule has 4 aliphatic rings. The largest absolute Gasteiger partial charge is 0.450 e. The number of nitrogens with zero attached hydrogens (tertiary/aromatic N) is 1. The van der Waals surface area contributed by atoms with Crippen molar-refractivity contribution < 1.29 is 14.3 Å². The summed E-state index contributed by atoms with van der Waals surface area (Å²) < 4.78 is 11.3. The first-order chi connectivity index (χ1) is 8.24. The van der Waals surface area contributed by atoms with Crippen molar-refractivity contribution in [2.75, 3.05) is 13.7 Å². The highest BCUT2D eigenvalue weighted by molar-refractivity contribution is 5.87. The Labute approximate surface area is 101 Å². The fourth-order valence-corrected chi connectivity index (χ4v) is 4.41. The SMILES string of the molecule is CO[C@H]1CC2=CC(=O)O[C@@]23C[C@@H]1N1CCC[C@@H]13. The molecule has 17 heavy (non-hydrogen) atoms. The third-order valence-electron chi connectivity index (χ3n) is 5.04. The van der Waals surface area contributed by atoms with E-state index in [1.165, 1.54) is 12.0 Å². The minimum Gasteiger partial charge on any atom is -0.450 e. The Morgan fingerprint density at radius 1 is 1.59 bits per heavy atom. The second-order valence-electron chi connectivity index (χ2n) is 5.63. The number of carbonyl (C=O) groups is 1. The molecular formula is C13H17NO3. The van der Waals surface area contributed by atoms with Crippen LogP contribution in [0.1, 0.15) is 25.7 Å². The molecule has 1 aliphatic carbocycles. The van der Waals surface area contributed by atoms with Gasteiger partial charge in [0, 0.05) is 32.1 Å². The van der Waals surface area contributed by atoms with E-state index >= 15 is 0 Å². The van der Waals surface area contributed by atoms with Gasteiger partial charge >= 0.3 is 5.97 Å². The van der Waals surface area contributed by atoms with Gasteiger partial charge in [-0.3, -0.25) is 4.90 Å². The van der Waals surface area contributed by atoms with Crippen molar-refractivity contribution in [1.82, 2.24) is 4.90 Å². The Hall–Kier alpha value is -0.870. The maximum absolute atomic E-state index is 11.6. The molecule has 2 saturated heterocycles. The molecule has 0 unspecified atom stereocenters. The van der Waals surface area contributed by atoms with Gasteiger partial charge in [-0.25, -0.2) is 4.79 Å². The molecule has 4 rings (SSSR count). The number of fused-ring (bicyclic) bond motifs is 3. The lowest BCUT2D eigenvalue weighted by molar-refractivity contribution is -0.148. The normalized spacial score (nSPS) is 47.7. The highest BCUT2D eigenvalue weighted by Crippen LogP contribution is 2.54. The lowest BCUT2D eigenvalue weighted by Crippen LogP contribution is -2.44. The van der Waals surface area contributed by atoms with E-state index < -0.39 is 0 Å². The first-order valence-electron chi connectivity index (χ1n) is 6.47. The molecule has 4 heteroatoms. The molecule has 3 aliphatic heterocycles. The molecule has 0 radical (unpaired) electrons. The van der Waals surface area contributed by atoms with Gasteiger partial charge in [0.1, 0.15) is 0 Å². The second kappa shape index (κ2) is 3.12. The van der Waals surface area contributed by atoms with E-state index in [-0.39, 0.29) is 17.7 Å². The van der Waals surface area contributed by atoms with Crippen molar-refractivity contribution in [2.45, 2.75) is 49.5 Å². The zero-order valence-corrected chi connectivity index (χ0v) is 10.0. The molecule has 3 fully saturated rings. The van der Waals surface area contributed by atoms with Crippen LogP contribution in [0, 0.1) is 0 Å². The molecule has 0 amide bonds. The van der Waals surface area contributed by atoms with Crippen molar-refractivity contribution in [2.24, 2.45) is 0 Å². The zero-order chi connectivity index (χ0) is 11.6. The fourth-order valence-electron chi connectivity index (χ4n) is 4.41. The Kier molecular flexibility index (Phi) is 1.85. The predicted molar refractivity (Wildman–Crippen MR) is 60.5 cm³/mol. The maximum Gasteiger partial charge on any atom is 0.331 e. The van der Waals surface area contributed by atoms with Crippen LogP contribution in [0.2, 0.25) is 0 Å². The third kappa shape index (κ3) is 1.08. The summed E-state index contributed by atoms with van der Waals surface area (Å²) in [4.78, 5) is 14.1. The minimum atomic E-state index is -0.284. The van der Waals surface area contributed by atoms with Crippen LogP contribution in [0.4, 0.5) is 0 Å². The molecule has 1 spiro atoms. The summed E-state index contributed by atoms with van der Waals surface area (Å²) in [5.41, 5.74) is 0.896. The maximum atomic E-state index is 11.6. The van der Waals surface area contributed by atoms with Gasteiger partial charge in [-0.15, -0.1) is 0 Å². The first-order valence-corrected chi connectivity index (χ1v) is 6.47. The number of hydrogen-bond donors (Lipinski definition) is 0. The summed E-state index contributed by atoms with van der Waals surface area (Å²) in [6, 6.07) is 0.848. The highest BCUT2D eigenvalue weighted by atomic mass is 16.6. The van der Waals surface area contributed by atoms with E-state index in [2.05, 4.69) is 4.90 Å². The van der Waals surface area contributed by atoms with Crippen molar-refractivity contribution in [3.63, 3.8) is 0 Å². The minimum absolute atomic E-state index is 0.149. The molecule has 3 heterocycles. The standard InChI is InChI=1S/C13H17NO3/c1-16-10-5-8-6-12(15)17-13(8)7-9(10)14-4-2-3-11(13)14/h6,9-11H,2-5,7H2,1H3/t9-,10-,11+,13-/m0/s1.